The number of amides is 3. The molecule has 3 amide bonds. The zero-order chi connectivity index (χ0) is 9.40. The average Bonchev–Trinajstić information content (AvgIpc) is 2.01. The number of nitriles is 1. The van der Waals surface area contributed by atoms with Crippen molar-refractivity contribution in [3.8, 4) is 6.07 Å². The molecule has 0 atom stereocenters. The molecule has 66 valence electrons. The Kier molecular flexibility index (Phi) is 5.09. The third kappa shape index (κ3) is 6.35. The highest BCUT2D eigenvalue weighted by Crippen LogP contribution is 1.69. The van der Waals surface area contributed by atoms with Crippen molar-refractivity contribution < 1.29 is 9.59 Å². The van der Waals surface area contributed by atoms with Crippen LogP contribution < -0.4 is 16.2 Å². The molecule has 0 aliphatic heterocycles. The normalized spacial score (nSPS) is 8.00. The van der Waals surface area contributed by atoms with Crippen molar-refractivity contribution >= 4 is 11.9 Å². The van der Waals surface area contributed by atoms with E-state index in [4.69, 9.17) is 5.26 Å². The van der Waals surface area contributed by atoms with Crippen molar-refractivity contribution in [1.82, 2.24) is 16.2 Å². The van der Waals surface area contributed by atoms with Crippen molar-refractivity contribution in [2.75, 3.05) is 6.54 Å². The van der Waals surface area contributed by atoms with Crippen molar-refractivity contribution in [2.45, 2.75) is 13.3 Å². The molecule has 3 N–H and O–H groups in total. The van der Waals surface area contributed by atoms with Crippen LogP contribution in [0.25, 0.3) is 0 Å². The van der Waals surface area contributed by atoms with Gasteiger partial charge in [-0.1, -0.05) is 0 Å². The van der Waals surface area contributed by atoms with Crippen LogP contribution in [0, 0.1) is 11.3 Å². The number of carbonyl (C=O) groups is 2. The predicted octanol–water partition coefficient (Wildman–Crippen LogP) is -0.750. The second-order valence-electron chi connectivity index (χ2n) is 1.97. The van der Waals surface area contributed by atoms with Gasteiger partial charge < -0.3 is 5.32 Å². The first-order valence-corrected chi connectivity index (χ1v) is 3.34. The summed E-state index contributed by atoms with van der Waals surface area (Å²) in [4.78, 5) is 20.9. The first-order chi connectivity index (χ1) is 5.66. The highest BCUT2D eigenvalue weighted by atomic mass is 16.2. The lowest BCUT2D eigenvalue weighted by Crippen LogP contribution is -2.46. The molecule has 0 rings (SSSR count). The number of urea groups is 1. The Morgan fingerprint density at radius 3 is 2.58 bits per heavy atom. The molecule has 0 bridgehead atoms. The minimum atomic E-state index is -0.527. The fourth-order valence-corrected chi connectivity index (χ4v) is 0.421. The summed E-state index contributed by atoms with van der Waals surface area (Å²) in [5.41, 5.74) is 4.17. The summed E-state index contributed by atoms with van der Waals surface area (Å²) in [7, 11) is 0. The number of nitrogens with zero attached hydrogens (tertiary/aromatic N) is 1. The van der Waals surface area contributed by atoms with Crippen LogP contribution >= 0.6 is 0 Å². The Hall–Kier alpha value is -1.77. The van der Waals surface area contributed by atoms with Gasteiger partial charge in [0.2, 0.25) is 5.91 Å². The highest BCUT2D eigenvalue weighted by molar-refractivity contribution is 5.79. The van der Waals surface area contributed by atoms with E-state index in [-0.39, 0.29) is 18.9 Å². The maximum atomic E-state index is 10.7. The van der Waals surface area contributed by atoms with Gasteiger partial charge in [-0.2, -0.15) is 5.26 Å². The SMILES string of the molecule is CC(=O)NNC(=O)NCCC#N. The Balaban J connectivity index is 3.35. The summed E-state index contributed by atoms with van der Waals surface area (Å²) in [5.74, 6) is -0.356. The van der Waals surface area contributed by atoms with Gasteiger partial charge >= 0.3 is 6.03 Å². The van der Waals surface area contributed by atoms with E-state index in [0.717, 1.165) is 0 Å². The molecule has 0 saturated carbocycles. The standard InChI is InChI=1S/C6H10N4O2/c1-5(11)9-10-6(12)8-4-2-3-7/h2,4H2,1H3,(H,9,11)(H2,8,10,12). The molecule has 12 heavy (non-hydrogen) atoms. The zero-order valence-corrected chi connectivity index (χ0v) is 6.68. The van der Waals surface area contributed by atoms with E-state index in [9.17, 15) is 9.59 Å². The quantitative estimate of drug-likeness (QED) is 0.376. The number of hydrogen-bond donors (Lipinski definition) is 3. The van der Waals surface area contributed by atoms with Crippen molar-refractivity contribution in [1.29, 1.82) is 5.26 Å². The van der Waals surface area contributed by atoms with Gasteiger partial charge in [-0.25, -0.2) is 10.2 Å². The molecule has 6 heteroatoms. The van der Waals surface area contributed by atoms with E-state index >= 15 is 0 Å². The molecule has 0 radical (unpaired) electrons. The molecule has 0 aromatic heterocycles. The number of rotatable bonds is 2. The summed E-state index contributed by atoms with van der Waals surface area (Å²) < 4.78 is 0. The van der Waals surface area contributed by atoms with Crippen LogP contribution in [0.3, 0.4) is 0 Å². The van der Waals surface area contributed by atoms with Gasteiger partial charge in [0.1, 0.15) is 0 Å². The smallest absolute Gasteiger partial charge is 0.333 e. The lowest BCUT2D eigenvalue weighted by atomic mass is 10.5. The van der Waals surface area contributed by atoms with Crippen LogP contribution in [0.4, 0.5) is 4.79 Å². The predicted molar refractivity (Wildman–Crippen MR) is 40.6 cm³/mol. The molecular formula is C6H10N4O2. The van der Waals surface area contributed by atoms with E-state index in [1.165, 1.54) is 6.92 Å². The van der Waals surface area contributed by atoms with Crippen LogP contribution in [0.2, 0.25) is 0 Å². The third-order valence-electron chi connectivity index (χ3n) is 0.874. The summed E-state index contributed by atoms with van der Waals surface area (Å²) in [6.07, 6.45) is 0.244. The summed E-state index contributed by atoms with van der Waals surface area (Å²) in [6, 6.07) is 1.33. The van der Waals surface area contributed by atoms with E-state index in [1.54, 1.807) is 0 Å². The first kappa shape index (κ1) is 10.2. The molecule has 0 aliphatic rings. The monoisotopic (exact) mass is 170 g/mol. The van der Waals surface area contributed by atoms with Gasteiger partial charge in [0.05, 0.1) is 12.5 Å². The first-order valence-electron chi connectivity index (χ1n) is 3.34. The van der Waals surface area contributed by atoms with Gasteiger partial charge in [-0.3, -0.25) is 10.2 Å². The lowest BCUT2D eigenvalue weighted by molar-refractivity contribution is -0.119. The molecule has 0 heterocycles. The maximum absolute atomic E-state index is 10.7. The van der Waals surface area contributed by atoms with Crippen LogP contribution in [-0.2, 0) is 4.79 Å². The average molecular weight is 170 g/mol. The van der Waals surface area contributed by atoms with Crippen molar-refractivity contribution in [3.05, 3.63) is 0 Å². The molecule has 0 aromatic carbocycles. The Morgan fingerprint density at radius 1 is 1.42 bits per heavy atom. The van der Waals surface area contributed by atoms with Crippen LogP contribution in [-0.4, -0.2) is 18.5 Å². The van der Waals surface area contributed by atoms with Crippen LogP contribution in [0.5, 0.6) is 0 Å². The molecular weight excluding hydrogens is 160 g/mol. The van der Waals surface area contributed by atoms with Crippen LogP contribution in [0.1, 0.15) is 13.3 Å². The maximum Gasteiger partial charge on any atom is 0.333 e. The highest BCUT2D eigenvalue weighted by Gasteiger charge is 1.97. The number of carbonyl (C=O) groups excluding carboxylic acids is 2. The second-order valence-corrected chi connectivity index (χ2v) is 1.97. The van der Waals surface area contributed by atoms with Gasteiger partial charge in [-0.15, -0.1) is 0 Å². The summed E-state index contributed by atoms with van der Waals surface area (Å²) in [5, 5.41) is 10.5. The molecule has 0 saturated heterocycles. The fourth-order valence-electron chi connectivity index (χ4n) is 0.421. The molecule has 0 fully saturated rings. The third-order valence-corrected chi connectivity index (χ3v) is 0.874. The van der Waals surface area contributed by atoms with E-state index in [2.05, 4.69) is 16.2 Å². The fraction of sp³-hybridized carbons (Fsp3) is 0.500. The number of nitrogens with one attached hydrogen (secondary N) is 3. The van der Waals surface area contributed by atoms with Gasteiger partial charge in [0.15, 0.2) is 0 Å². The Morgan fingerprint density at radius 2 is 2.08 bits per heavy atom. The lowest BCUT2D eigenvalue weighted by Gasteiger charge is -2.04. The Bertz CT molecular complexity index is 208. The van der Waals surface area contributed by atoms with Gasteiger partial charge in [-0.05, 0) is 0 Å². The molecule has 0 spiro atoms. The largest absolute Gasteiger partial charge is 0.336 e. The number of hydrazine groups is 1. The summed E-state index contributed by atoms with van der Waals surface area (Å²) >= 11 is 0. The molecule has 6 nitrogen and oxygen atoms in total. The van der Waals surface area contributed by atoms with Crippen LogP contribution in [0.15, 0.2) is 0 Å². The molecule has 0 unspecified atom stereocenters. The topological polar surface area (TPSA) is 94.0 Å². The molecule has 0 aliphatic carbocycles. The second kappa shape index (κ2) is 5.97. The van der Waals surface area contributed by atoms with Crippen molar-refractivity contribution in [3.63, 3.8) is 0 Å². The summed E-state index contributed by atoms with van der Waals surface area (Å²) in [6.45, 7) is 1.54. The van der Waals surface area contributed by atoms with Crippen molar-refractivity contribution in [2.24, 2.45) is 0 Å². The Labute approximate surface area is 69.9 Å². The molecule has 0 aromatic rings. The number of hydrogen-bond acceptors (Lipinski definition) is 3. The van der Waals surface area contributed by atoms with Gasteiger partial charge in [0.25, 0.3) is 0 Å². The van der Waals surface area contributed by atoms with E-state index < -0.39 is 6.03 Å². The van der Waals surface area contributed by atoms with E-state index in [0.29, 0.717) is 0 Å². The minimum Gasteiger partial charge on any atom is -0.336 e. The minimum absolute atomic E-state index is 0.244. The van der Waals surface area contributed by atoms with E-state index in [1.807, 2.05) is 6.07 Å². The zero-order valence-electron chi connectivity index (χ0n) is 6.68. The van der Waals surface area contributed by atoms with Gasteiger partial charge in [0, 0.05) is 13.5 Å².